The summed E-state index contributed by atoms with van der Waals surface area (Å²) < 4.78 is 12.7. The van der Waals surface area contributed by atoms with Crippen LogP contribution in [-0.2, 0) is 9.31 Å². The average Bonchev–Trinajstić information content (AvgIpc) is 3.58. The lowest BCUT2D eigenvalue weighted by Crippen LogP contribution is -2.41. The van der Waals surface area contributed by atoms with Crippen molar-refractivity contribution in [2.24, 2.45) is 0 Å². The molecule has 0 radical (unpaired) electrons. The Kier molecular flexibility index (Phi) is 4.99. The van der Waals surface area contributed by atoms with Gasteiger partial charge < -0.3 is 19.3 Å². The zero-order chi connectivity index (χ0) is 24.2. The maximum Gasteiger partial charge on any atom is 0.495 e. The monoisotopic (exact) mass is 461 g/mol. The number of rotatable bonds is 4. The Hall–Kier alpha value is -3.61. The number of imidazole rings is 1. The van der Waals surface area contributed by atoms with Crippen LogP contribution in [0.5, 0.6) is 0 Å². The first-order valence-electron chi connectivity index (χ1n) is 12.0. The Bertz CT molecular complexity index is 1490. The Labute approximate surface area is 205 Å². The fourth-order valence-corrected chi connectivity index (χ4v) is 4.67. The van der Waals surface area contributed by atoms with Crippen LogP contribution < -0.4 is 5.46 Å². The van der Waals surface area contributed by atoms with E-state index in [2.05, 4.69) is 103 Å². The molecule has 5 aromatic rings. The van der Waals surface area contributed by atoms with Crippen molar-refractivity contribution in [2.45, 2.75) is 38.9 Å². The number of aromatic amines is 2. The number of fused-ring (bicyclic) bond motifs is 1. The fraction of sp³-hybridized carbons (Fsp3) is 0.207. The van der Waals surface area contributed by atoms with E-state index in [9.17, 15) is 0 Å². The zero-order valence-electron chi connectivity index (χ0n) is 20.4. The molecule has 1 aliphatic rings. The van der Waals surface area contributed by atoms with Gasteiger partial charge in [0.15, 0.2) is 5.82 Å². The number of aromatic nitrogens is 3. The standard InChI is InChI=1S/C29H28BN3O2/c1-28(2)29(3,4)35-30(34-28)24-11-6-9-22-21(8-5-10-23(22)24)19-13-15-20(16-14-19)26-18-32-27(33-26)25-12-7-17-31-25/h5-18,31H,1-4H3,(H,32,33). The van der Waals surface area contributed by atoms with Crippen molar-refractivity contribution in [1.82, 2.24) is 15.0 Å². The van der Waals surface area contributed by atoms with Crippen LogP contribution in [0.4, 0.5) is 0 Å². The Morgan fingerprint density at radius 2 is 1.40 bits per heavy atom. The van der Waals surface area contributed by atoms with Crippen molar-refractivity contribution in [3.8, 4) is 33.9 Å². The molecule has 2 N–H and O–H groups in total. The summed E-state index contributed by atoms with van der Waals surface area (Å²) >= 11 is 0. The number of H-pyrrole nitrogens is 2. The second-order valence-electron chi connectivity index (χ2n) is 10.1. The van der Waals surface area contributed by atoms with E-state index in [-0.39, 0.29) is 11.2 Å². The molecule has 0 amide bonds. The van der Waals surface area contributed by atoms with Gasteiger partial charge in [0.1, 0.15) is 0 Å². The summed E-state index contributed by atoms with van der Waals surface area (Å²) in [6.07, 6.45) is 3.77. The minimum absolute atomic E-state index is 0.374. The number of hydrogen-bond donors (Lipinski definition) is 2. The van der Waals surface area contributed by atoms with Crippen LogP contribution in [0.15, 0.2) is 85.2 Å². The molecule has 3 heterocycles. The lowest BCUT2D eigenvalue weighted by atomic mass is 9.75. The van der Waals surface area contributed by atoms with E-state index in [1.54, 1.807) is 0 Å². The summed E-state index contributed by atoms with van der Waals surface area (Å²) in [6, 6.07) is 25.4. The fourth-order valence-electron chi connectivity index (χ4n) is 4.67. The third-order valence-corrected chi connectivity index (χ3v) is 7.40. The highest BCUT2D eigenvalue weighted by Gasteiger charge is 2.52. The SMILES string of the molecule is CC1(C)OB(c2cccc3c(-c4ccc(-c5cnc(-c6ccc[nH]6)[nH]5)cc4)cccc23)OC1(C)C. The average molecular weight is 461 g/mol. The largest absolute Gasteiger partial charge is 0.495 e. The van der Waals surface area contributed by atoms with Gasteiger partial charge in [-0.1, -0.05) is 60.7 Å². The van der Waals surface area contributed by atoms with Gasteiger partial charge in [-0.15, -0.1) is 0 Å². The molecule has 174 valence electrons. The minimum Gasteiger partial charge on any atom is -0.399 e. The molecular formula is C29H28BN3O2. The number of hydrogen-bond acceptors (Lipinski definition) is 3. The molecule has 0 atom stereocenters. The van der Waals surface area contributed by atoms with Gasteiger partial charge in [0, 0.05) is 6.20 Å². The molecule has 1 saturated heterocycles. The topological polar surface area (TPSA) is 62.9 Å². The van der Waals surface area contributed by atoms with Gasteiger partial charge in [-0.2, -0.15) is 0 Å². The van der Waals surface area contributed by atoms with Crippen molar-refractivity contribution in [1.29, 1.82) is 0 Å². The second-order valence-corrected chi connectivity index (χ2v) is 10.1. The quantitative estimate of drug-likeness (QED) is 0.314. The van der Waals surface area contributed by atoms with E-state index < -0.39 is 7.12 Å². The van der Waals surface area contributed by atoms with E-state index >= 15 is 0 Å². The third kappa shape index (κ3) is 3.70. The molecule has 0 bridgehead atoms. The highest BCUT2D eigenvalue weighted by atomic mass is 16.7. The van der Waals surface area contributed by atoms with Crippen molar-refractivity contribution in [3.63, 3.8) is 0 Å². The van der Waals surface area contributed by atoms with Crippen molar-refractivity contribution in [2.75, 3.05) is 0 Å². The van der Waals surface area contributed by atoms with Gasteiger partial charge in [-0.25, -0.2) is 4.98 Å². The molecular weight excluding hydrogens is 433 g/mol. The molecule has 1 fully saturated rings. The first-order valence-corrected chi connectivity index (χ1v) is 12.0. The van der Waals surface area contributed by atoms with Gasteiger partial charge in [-0.3, -0.25) is 0 Å². The van der Waals surface area contributed by atoms with Gasteiger partial charge in [0.2, 0.25) is 0 Å². The zero-order valence-corrected chi connectivity index (χ0v) is 20.4. The third-order valence-electron chi connectivity index (χ3n) is 7.40. The minimum atomic E-state index is -0.393. The number of nitrogens with zero attached hydrogens (tertiary/aromatic N) is 1. The van der Waals surface area contributed by atoms with Crippen LogP contribution in [-0.4, -0.2) is 33.3 Å². The van der Waals surface area contributed by atoms with Gasteiger partial charge in [0.25, 0.3) is 0 Å². The maximum absolute atomic E-state index is 6.36. The van der Waals surface area contributed by atoms with Crippen LogP contribution in [0.2, 0.25) is 0 Å². The molecule has 3 aromatic carbocycles. The van der Waals surface area contributed by atoms with Crippen molar-refractivity contribution in [3.05, 3.63) is 85.2 Å². The maximum atomic E-state index is 6.36. The highest BCUT2D eigenvalue weighted by molar-refractivity contribution is 6.65. The van der Waals surface area contributed by atoms with Gasteiger partial charge >= 0.3 is 7.12 Å². The molecule has 2 aromatic heterocycles. The van der Waals surface area contributed by atoms with Crippen LogP contribution in [0.1, 0.15) is 27.7 Å². The first kappa shape index (κ1) is 21.9. The second kappa shape index (κ2) is 7.97. The lowest BCUT2D eigenvalue weighted by molar-refractivity contribution is 0.00578. The van der Waals surface area contributed by atoms with E-state index in [0.717, 1.165) is 39.2 Å². The van der Waals surface area contributed by atoms with Crippen molar-refractivity contribution >= 4 is 23.4 Å². The molecule has 0 unspecified atom stereocenters. The highest BCUT2D eigenvalue weighted by Crippen LogP contribution is 2.38. The predicted octanol–water partition coefficient (Wildman–Crippen LogP) is 6.19. The summed E-state index contributed by atoms with van der Waals surface area (Å²) in [5, 5.41) is 2.33. The molecule has 5 nitrogen and oxygen atoms in total. The van der Waals surface area contributed by atoms with E-state index in [1.165, 1.54) is 10.9 Å². The molecule has 1 aliphatic heterocycles. The smallest absolute Gasteiger partial charge is 0.399 e. The van der Waals surface area contributed by atoms with E-state index in [4.69, 9.17) is 9.31 Å². The molecule has 6 heteroatoms. The van der Waals surface area contributed by atoms with E-state index in [0.29, 0.717) is 0 Å². The molecule has 0 saturated carbocycles. The molecule has 6 rings (SSSR count). The normalized spacial score (nSPS) is 16.7. The predicted molar refractivity (Wildman–Crippen MR) is 142 cm³/mol. The molecule has 0 aliphatic carbocycles. The number of nitrogens with one attached hydrogen (secondary N) is 2. The summed E-state index contributed by atoms with van der Waals surface area (Å²) in [4.78, 5) is 11.1. The summed E-state index contributed by atoms with van der Waals surface area (Å²) in [5.41, 5.74) is 5.72. The lowest BCUT2D eigenvalue weighted by Gasteiger charge is -2.32. The van der Waals surface area contributed by atoms with Gasteiger partial charge in [0.05, 0.1) is 28.8 Å². The van der Waals surface area contributed by atoms with Crippen LogP contribution >= 0.6 is 0 Å². The summed E-state index contributed by atoms with van der Waals surface area (Å²) in [5.74, 6) is 0.832. The Balaban J connectivity index is 1.34. The first-order chi connectivity index (χ1) is 16.8. The van der Waals surface area contributed by atoms with Crippen LogP contribution in [0.25, 0.3) is 44.7 Å². The summed E-state index contributed by atoms with van der Waals surface area (Å²) in [7, 11) is -0.393. The van der Waals surface area contributed by atoms with Crippen LogP contribution in [0.3, 0.4) is 0 Å². The number of benzene rings is 3. The Morgan fingerprint density at radius 1 is 0.714 bits per heavy atom. The molecule has 35 heavy (non-hydrogen) atoms. The summed E-state index contributed by atoms with van der Waals surface area (Å²) in [6.45, 7) is 8.36. The van der Waals surface area contributed by atoms with Crippen molar-refractivity contribution < 1.29 is 9.31 Å². The molecule has 0 spiro atoms. The van der Waals surface area contributed by atoms with Crippen LogP contribution in [0, 0.1) is 0 Å². The van der Waals surface area contributed by atoms with E-state index in [1.807, 2.05) is 24.5 Å². The van der Waals surface area contributed by atoms with Gasteiger partial charge in [-0.05, 0) is 72.8 Å². The Morgan fingerprint density at radius 3 is 2.11 bits per heavy atom.